The standard InChI is InChI=1S/C6H13O9P/c7-1-2(8)4(10)6(12,16(13,14)15)5(11)3(1)9/h1-5,7-12H,(H2,13,14,15)/t1-,2-,3+,4-,5-,6+/m1/s1. The van der Waals surface area contributed by atoms with Gasteiger partial charge in [-0.25, -0.2) is 0 Å². The molecule has 0 spiro atoms. The molecule has 0 unspecified atom stereocenters. The Kier molecular flexibility index (Phi) is 3.48. The molecular formula is C6H13O9P. The molecule has 1 rings (SSSR count). The Morgan fingerprint density at radius 1 is 0.812 bits per heavy atom. The lowest BCUT2D eigenvalue weighted by Crippen LogP contribution is -2.70. The van der Waals surface area contributed by atoms with E-state index in [1.165, 1.54) is 0 Å². The summed E-state index contributed by atoms with van der Waals surface area (Å²) in [5.74, 6) is 0. The molecule has 96 valence electrons. The van der Waals surface area contributed by atoms with Gasteiger partial charge in [-0.05, 0) is 0 Å². The van der Waals surface area contributed by atoms with Crippen LogP contribution >= 0.6 is 7.60 Å². The van der Waals surface area contributed by atoms with Crippen molar-refractivity contribution in [3.05, 3.63) is 0 Å². The minimum absolute atomic E-state index is 2.03. The summed E-state index contributed by atoms with van der Waals surface area (Å²) in [6.07, 6.45) is -11.4. The van der Waals surface area contributed by atoms with Crippen LogP contribution in [0.15, 0.2) is 0 Å². The fraction of sp³-hybridized carbons (Fsp3) is 1.00. The van der Waals surface area contributed by atoms with Gasteiger partial charge in [0.1, 0.15) is 30.5 Å². The van der Waals surface area contributed by atoms with Crippen molar-refractivity contribution in [2.75, 3.05) is 0 Å². The Hall–Kier alpha value is -0.0900. The zero-order chi connectivity index (χ0) is 12.9. The van der Waals surface area contributed by atoms with Gasteiger partial charge in [-0.2, -0.15) is 0 Å². The maximum atomic E-state index is 10.9. The van der Waals surface area contributed by atoms with Crippen molar-refractivity contribution in [2.24, 2.45) is 0 Å². The lowest BCUT2D eigenvalue weighted by atomic mass is 9.84. The van der Waals surface area contributed by atoms with E-state index >= 15 is 0 Å². The van der Waals surface area contributed by atoms with Crippen LogP contribution < -0.4 is 0 Å². The fourth-order valence-corrected chi connectivity index (χ4v) is 2.59. The molecular weight excluding hydrogens is 247 g/mol. The van der Waals surface area contributed by atoms with Crippen molar-refractivity contribution in [2.45, 2.75) is 35.9 Å². The minimum atomic E-state index is -5.44. The monoisotopic (exact) mass is 260 g/mol. The average molecular weight is 260 g/mol. The summed E-state index contributed by atoms with van der Waals surface area (Å²) in [4.78, 5) is 17.6. The summed E-state index contributed by atoms with van der Waals surface area (Å²) in [5, 5.41) is 52.0. The van der Waals surface area contributed by atoms with Crippen molar-refractivity contribution in [3.8, 4) is 0 Å². The van der Waals surface area contributed by atoms with Gasteiger partial charge in [-0.3, -0.25) is 4.57 Å². The Bertz CT molecular complexity index is 297. The number of aliphatic hydroxyl groups is 6. The second kappa shape index (κ2) is 3.98. The van der Waals surface area contributed by atoms with Crippen LogP contribution in [0.4, 0.5) is 0 Å². The summed E-state index contributed by atoms with van der Waals surface area (Å²) in [6.45, 7) is 0. The van der Waals surface area contributed by atoms with Crippen LogP contribution in [-0.2, 0) is 4.57 Å². The first-order valence-electron chi connectivity index (χ1n) is 4.23. The van der Waals surface area contributed by atoms with Gasteiger partial charge in [0.2, 0.25) is 5.34 Å². The minimum Gasteiger partial charge on any atom is -0.387 e. The number of aliphatic hydroxyl groups excluding tert-OH is 5. The smallest absolute Gasteiger partial charge is 0.362 e. The summed E-state index contributed by atoms with van der Waals surface area (Å²) in [5.41, 5.74) is 0. The van der Waals surface area contributed by atoms with Crippen LogP contribution in [0.2, 0.25) is 0 Å². The fourth-order valence-electron chi connectivity index (χ4n) is 1.60. The highest BCUT2D eigenvalue weighted by Gasteiger charge is 2.66. The molecule has 0 aromatic heterocycles. The van der Waals surface area contributed by atoms with Gasteiger partial charge in [0.15, 0.2) is 0 Å². The van der Waals surface area contributed by atoms with E-state index < -0.39 is 43.5 Å². The molecule has 1 aliphatic rings. The second-order valence-corrected chi connectivity index (χ2v) is 5.49. The SMILES string of the molecule is O=P(O)(O)[C@@]1(O)[C@H](O)[C@H](O)[C@@H](O)[C@H](O)[C@H]1O. The van der Waals surface area contributed by atoms with Crippen LogP contribution in [0, 0.1) is 0 Å². The van der Waals surface area contributed by atoms with Gasteiger partial charge in [-0.1, -0.05) is 0 Å². The first kappa shape index (κ1) is 14.0. The molecule has 6 atom stereocenters. The average Bonchev–Trinajstić information content (AvgIpc) is 2.19. The molecule has 1 saturated carbocycles. The van der Waals surface area contributed by atoms with E-state index in [4.69, 9.17) is 25.1 Å². The third-order valence-electron chi connectivity index (χ3n) is 2.68. The normalized spacial score (nSPS) is 50.4. The van der Waals surface area contributed by atoms with Crippen LogP contribution in [0.1, 0.15) is 0 Å². The largest absolute Gasteiger partial charge is 0.387 e. The Morgan fingerprint density at radius 2 is 1.12 bits per heavy atom. The van der Waals surface area contributed by atoms with Crippen molar-refractivity contribution in [1.29, 1.82) is 0 Å². The van der Waals surface area contributed by atoms with E-state index in [1.54, 1.807) is 0 Å². The molecule has 8 N–H and O–H groups in total. The molecule has 0 saturated heterocycles. The molecule has 0 heterocycles. The summed E-state index contributed by atoms with van der Waals surface area (Å²) in [6, 6.07) is 0. The third-order valence-corrected chi connectivity index (χ3v) is 4.15. The second-order valence-electron chi connectivity index (χ2n) is 3.69. The summed E-state index contributed by atoms with van der Waals surface area (Å²) < 4.78 is 10.9. The van der Waals surface area contributed by atoms with Crippen molar-refractivity contribution >= 4 is 7.60 Å². The highest BCUT2D eigenvalue weighted by molar-refractivity contribution is 7.53. The lowest BCUT2D eigenvalue weighted by molar-refractivity contribution is -0.243. The van der Waals surface area contributed by atoms with E-state index in [2.05, 4.69) is 0 Å². The van der Waals surface area contributed by atoms with E-state index in [1.807, 2.05) is 0 Å². The highest BCUT2D eigenvalue weighted by Crippen LogP contribution is 2.55. The maximum Gasteiger partial charge on any atom is 0.362 e. The van der Waals surface area contributed by atoms with Gasteiger partial charge in [-0.15, -0.1) is 0 Å². The predicted octanol–water partition coefficient (Wildman–Crippen LogP) is -4.33. The molecule has 1 fully saturated rings. The Morgan fingerprint density at radius 3 is 1.38 bits per heavy atom. The van der Waals surface area contributed by atoms with Crippen molar-refractivity contribution in [3.63, 3.8) is 0 Å². The third kappa shape index (κ3) is 1.70. The molecule has 0 aliphatic heterocycles. The first-order valence-corrected chi connectivity index (χ1v) is 5.84. The molecule has 1 aliphatic carbocycles. The molecule has 0 amide bonds. The Labute approximate surface area is 89.4 Å². The van der Waals surface area contributed by atoms with Crippen LogP contribution in [0.3, 0.4) is 0 Å². The molecule has 0 bridgehead atoms. The molecule has 10 heteroatoms. The number of rotatable bonds is 1. The Balaban J connectivity index is 3.24. The summed E-state index contributed by atoms with van der Waals surface area (Å²) in [7, 11) is -5.44. The van der Waals surface area contributed by atoms with Crippen LogP contribution in [0.5, 0.6) is 0 Å². The van der Waals surface area contributed by atoms with Crippen LogP contribution in [0.25, 0.3) is 0 Å². The number of hydrogen-bond acceptors (Lipinski definition) is 7. The predicted molar refractivity (Wildman–Crippen MR) is 47.0 cm³/mol. The van der Waals surface area contributed by atoms with Crippen molar-refractivity contribution < 1.29 is 45.0 Å². The van der Waals surface area contributed by atoms with Gasteiger partial charge >= 0.3 is 7.60 Å². The quantitative estimate of drug-likeness (QED) is 0.216. The molecule has 16 heavy (non-hydrogen) atoms. The van der Waals surface area contributed by atoms with Gasteiger partial charge in [0.25, 0.3) is 0 Å². The van der Waals surface area contributed by atoms with Gasteiger partial charge in [0.05, 0.1) is 0 Å². The van der Waals surface area contributed by atoms with E-state index in [0.29, 0.717) is 0 Å². The highest BCUT2D eigenvalue weighted by atomic mass is 31.2. The van der Waals surface area contributed by atoms with Gasteiger partial charge < -0.3 is 40.4 Å². The molecule has 9 nitrogen and oxygen atoms in total. The lowest BCUT2D eigenvalue weighted by Gasteiger charge is -2.47. The van der Waals surface area contributed by atoms with E-state index in [-0.39, 0.29) is 0 Å². The zero-order valence-electron chi connectivity index (χ0n) is 7.82. The van der Waals surface area contributed by atoms with Crippen LogP contribution in [-0.4, -0.2) is 76.3 Å². The number of hydrogen-bond donors (Lipinski definition) is 8. The van der Waals surface area contributed by atoms with E-state index in [9.17, 15) is 19.9 Å². The summed E-state index contributed by atoms with van der Waals surface area (Å²) >= 11 is 0. The van der Waals surface area contributed by atoms with E-state index in [0.717, 1.165) is 0 Å². The van der Waals surface area contributed by atoms with Crippen molar-refractivity contribution in [1.82, 2.24) is 0 Å². The molecule has 0 radical (unpaired) electrons. The zero-order valence-corrected chi connectivity index (χ0v) is 8.71. The van der Waals surface area contributed by atoms with Gasteiger partial charge in [0, 0.05) is 0 Å². The molecule has 0 aromatic carbocycles. The topological polar surface area (TPSA) is 179 Å². The maximum absolute atomic E-state index is 10.9. The first-order chi connectivity index (χ1) is 7.05. The molecule has 0 aromatic rings.